The van der Waals surface area contributed by atoms with Crippen LogP contribution >= 0.6 is 0 Å². The molecule has 0 radical (unpaired) electrons. The van der Waals surface area contributed by atoms with E-state index in [2.05, 4.69) is 31.4 Å². The van der Waals surface area contributed by atoms with Crippen molar-refractivity contribution in [3.63, 3.8) is 0 Å². The van der Waals surface area contributed by atoms with Crippen molar-refractivity contribution >= 4 is 5.91 Å². The Morgan fingerprint density at radius 2 is 2.20 bits per heavy atom. The summed E-state index contributed by atoms with van der Waals surface area (Å²) in [5.74, 6) is 0.0100. The molecule has 2 atom stereocenters. The number of nitrogens with one attached hydrogen (secondary N) is 2. The number of carbonyl (C=O) groups is 1. The topological polar surface area (TPSA) is 61.4 Å². The number of amides is 1. The van der Waals surface area contributed by atoms with Crippen molar-refractivity contribution in [3.05, 3.63) is 0 Å². The average molecular weight is 214 g/mol. The SMILES string of the molecule is CC(C)(C)CCNC(=O)C1CC(O)CN1. The van der Waals surface area contributed by atoms with Gasteiger partial charge in [-0.1, -0.05) is 20.8 Å². The van der Waals surface area contributed by atoms with Crippen molar-refractivity contribution in [1.82, 2.24) is 10.6 Å². The van der Waals surface area contributed by atoms with E-state index >= 15 is 0 Å². The van der Waals surface area contributed by atoms with Crippen molar-refractivity contribution in [2.45, 2.75) is 45.8 Å². The van der Waals surface area contributed by atoms with Crippen LogP contribution in [0.25, 0.3) is 0 Å². The average Bonchev–Trinajstić information content (AvgIpc) is 2.49. The summed E-state index contributed by atoms with van der Waals surface area (Å²) >= 11 is 0. The molecule has 88 valence electrons. The van der Waals surface area contributed by atoms with Gasteiger partial charge in [-0.3, -0.25) is 4.79 Å². The standard InChI is InChI=1S/C11H22N2O2/c1-11(2,3)4-5-12-10(15)9-6-8(14)7-13-9/h8-9,13-14H,4-7H2,1-3H3,(H,12,15). The maximum atomic E-state index is 11.6. The first-order valence-electron chi connectivity index (χ1n) is 5.58. The first-order valence-corrected chi connectivity index (χ1v) is 5.58. The summed E-state index contributed by atoms with van der Waals surface area (Å²) in [4.78, 5) is 11.6. The van der Waals surface area contributed by atoms with Crippen molar-refractivity contribution in [2.75, 3.05) is 13.1 Å². The van der Waals surface area contributed by atoms with Crippen LogP contribution in [0.15, 0.2) is 0 Å². The molecule has 3 N–H and O–H groups in total. The molecule has 1 aliphatic heterocycles. The van der Waals surface area contributed by atoms with Crippen molar-refractivity contribution in [3.8, 4) is 0 Å². The molecule has 0 spiro atoms. The number of carbonyl (C=O) groups excluding carboxylic acids is 1. The third-order valence-corrected chi connectivity index (χ3v) is 2.60. The Morgan fingerprint density at radius 1 is 1.53 bits per heavy atom. The van der Waals surface area contributed by atoms with Gasteiger partial charge in [-0.15, -0.1) is 0 Å². The lowest BCUT2D eigenvalue weighted by Gasteiger charge is -2.19. The second-order valence-corrected chi connectivity index (χ2v) is 5.45. The van der Waals surface area contributed by atoms with Crippen molar-refractivity contribution < 1.29 is 9.90 Å². The molecule has 1 rings (SSSR count). The van der Waals surface area contributed by atoms with Gasteiger partial charge in [0.25, 0.3) is 0 Å². The monoisotopic (exact) mass is 214 g/mol. The summed E-state index contributed by atoms with van der Waals surface area (Å²) in [5.41, 5.74) is 0.246. The molecule has 4 heteroatoms. The molecule has 0 aromatic heterocycles. The van der Waals surface area contributed by atoms with E-state index in [1.807, 2.05) is 0 Å². The first kappa shape index (κ1) is 12.5. The minimum absolute atomic E-state index is 0.0100. The van der Waals surface area contributed by atoms with Gasteiger partial charge in [-0.25, -0.2) is 0 Å². The molecule has 0 aliphatic carbocycles. The second kappa shape index (κ2) is 4.94. The zero-order valence-corrected chi connectivity index (χ0v) is 9.84. The molecule has 1 aliphatic rings. The minimum atomic E-state index is -0.372. The third kappa shape index (κ3) is 4.62. The predicted octanol–water partition coefficient (Wildman–Crippen LogP) is 0.262. The molecular weight excluding hydrogens is 192 g/mol. The van der Waals surface area contributed by atoms with Gasteiger partial charge in [-0.2, -0.15) is 0 Å². The molecule has 0 aromatic rings. The van der Waals surface area contributed by atoms with E-state index < -0.39 is 0 Å². The molecule has 1 heterocycles. The molecule has 0 bridgehead atoms. The maximum absolute atomic E-state index is 11.6. The number of aliphatic hydroxyl groups is 1. The predicted molar refractivity (Wildman–Crippen MR) is 59.5 cm³/mol. The molecule has 0 saturated carbocycles. The van der Waals surface area contributed by atoms with Gasteiger partial charge in [0.05, 0.1) is 12.1 Å². The number of rotatable bonds is 3. The Balaban J connectivity index is 2.19. The van der Waals surface area contributed by atoms with Crippen LogP contribution in [0.5, 0.6) is 0 Å². The van der Waals surface area contributed by atoms with Crippen LogP contribution in [0, 0.1) is 5.41 Å². The highest BCUT2D eigenvalue weighted by atomic mass is 16.3. The number of hydrogen-bond acceptors (Lipinski definition) is 3. The fourth-order valence-corrected chi connectivity index (χ4v) is 1.60. The highest BCUT2D eigenvalue weighted by Crippen LogP contribution is 2.17. The zero-order valence-electron chi connectivity index (χ0n) is 9.84. The molecule has 1 fully saturated rings. The van der Waals surface area contributed by atoms with Gasteiger partial charge in [-0.05, 0) is 18.3 Å². The summed E-state index contributed by atoms with van der Waals surface area (Å²) in [6.45, 7) is 7.68. The normalized spacial score (nSPS) is 26.7. The summed E-state index contributed by atoms with van der Waals surface area (Å²) in [6.07, 6.45) is 1.12. The lowest BCUT2D eigenvalue weighted by Crippen LogP contribution is -2.41. The minimum Gasteiger partial charge on any atom is -0.392 e. The van der Waals surface area contributed by atoms with Crippen LogP contribution in [0.2, 0.25) is 0 Å². The Kier molecular flexibility index (Phi) is 4.11. The lowest BCUT2D eigenvalue weighted by atomic mass is 9.92. The summed E-state index contributed by atoms with van der Waals surface area (Å²) in [5, 5.41) is 15.1. The maximum Gasteiger partial charge on any atom is 0.237 e. The molecular formula is C11H22N2O2. The summed E-state index contributed by atoms with van der Waals surface area (Å²) < 4.78 is 0. The summed E-state index contributed by atoms with van der Waals surface area (Å²) in [6, 6.07) is -0.208. The van der Waals surface area contributed by atoms with Crippen molar-refractivity contribution in [1.29, 1.82) is 0 Å². The van der Waals surface area contributed by atoms with Crippen LogP contribution in [0.1, 0.15) is 33.6 Å². The van der Waals surface area contributed by atoms with E-state index in [4.69, 9.17) is 0 Å². The molecule has 0 aromatic carbocycles. The largest absolute Gasteiger partial charge is 0.392 e. The number of hydrogen-bond donors (Lipinski definition) is 3. The Hall–Kier alpha value is -0.610. The van der Waals surface area contributed by atoms with Gasteiger partial charge >= 0.3 is 0 Å². The quantitative estimate of drug-likeness (QED) is 0.631. The van der Waals surface area contributed by atoms with Gasteiger partial charge in [0.2, 0.25) is 5.91 Å². The molecule has 4 nitrogen and oxygen atoms in total. The zero-order chi connectivity index (χ0) is 11.5. The second-order valence-electron chi connectivity index (χ2n) is 5.45. The fraction of sp³-hybridized carbons (Fsp3) is 0.909. The van der Waals surface area contributed by atoms with E-state index in [1.54, 1.807) is 0 Å². The van der Waals surface area contributed by atoms with Crippen molar-refractivity contribution in [2.24, 2.45) is 5.41 Å². The van der Waals surface area contributed by atoms with E-state index in [0.29, 0.717) is 19.5 Å². The molecule has 2 unspecified atom stereocenters. The Morgan fingerprint density at radius 3 is 2.67 bits per heavy atom. The Bertz CT molecular complexity index is 223. The summed E-state index contributed by atoms with van der Waals surface area (Å²) in [7, 11) is 0. The van der Waals surface area contributed by atoms with Gasteiger partial charge in [0.1, 0.15) is 0 Å². The van der Waals surface area contributed by atoms with Crippen LogP contribution < -0.4 is 10.6 Å². The molecule has 1 amide bonds. The van der Waals surface area contributed by atoms with Crippen LogP contribution in [0.3, 0.4) is 0 Å². The number of aliphatic hydroxyl groups excluding tert-OH is 1. The fourth-order valence-electron chi connectivity index (χ4n) is 1.60. The van der Waals surface area contributed by atoms with Crippen LogP contribution in [-0.2, 0) is 4.79 Å². The van der Waals surface area contributed by atoms with Gasteiger partial charge in [0.15, 0.2) is 0 Å². The van der Waals surface area contributed by atoms with E-state index in [1.165, 1.54) is 0 Å². The van der Waals surface area contributed by atoms with Crippen LogP contribution in [-0.4, -0.2) is 36.2 Å². The molecule has 1 saturated heterocycles. The van der Waals surface area contributed by atoms with Gasteiger partial charge < -0.3 is 15.7 Å². The van der Waals surface area contributed by atoms with E-state index in [0.717, 1.165) is 6.42 Å². The first-order chi connectivity index (χ1) is 6.88. The third-order valence-electron chi connectivity index (χ3n) is 2.60. The van der Waals surface area contributed by atoms with E-state index in [-0.39, 0.29) is 23.5 Å². The smallest absolute Gasteiger partial charge is 0.237 e. The highest BCUT2D eigenvalue weighted by Gasteiger charge is 2.27. The highest BCUT2D eigenvalue weighted by molar-refractivity contribution is 5.82. The Labute approximate surface area is 91.4 Å². The van der Waals surface area contributed by atoms with Gasteiger partial charge in [0, 0.05) is 13.1 Å². The van der Waals surface area contributed by atoms with Crippen LogP contribution in [0.4, 0.5) is 0 Å². The number of β-amino-alcohol motifs (C(OH)–C–C–N with tert-alkyl or cyclic N) is 1. The molecule has 15 heavy (non-hydrogen) atoms. The lowest BCUT2D eigenvalue weighted by molar-refractivity contribution is -0.123. The van der Waals surface area contributed by atoms with E-state index in [9.17, 15) is 9.90 Å².